The molecule has 2 heterocycles. The van der Waals surface area contributed by atoms with Gasteiger partial charge in [-0.05, 0) is 25.3 Å². The van der Waals surface area contributed by atoms with Crippen LogP contribution >= 0.6 is 23.2 Å². The van der Waals surface area contributed by atoms with Gasteiger partial charge < -0.3 is 29.2 Å². The molecular weight excluding hydrogens is 635 g/mol. The molecule has 12 nitrogen and oxygen atoms in total. The van der Waals surface area contributed by atoms with Crippen LogP contribution in [0.2, 0.25) is 10.0 Å². The van der Waals surface area contributed by atoms with Gasteiger partial charge in [-0.2, -0.15) is 4.98 Å². The lowest BCUT2D eigenvalue weighted by molar-refractivity contribution is -0.133. The summed E-state index contributed by atoms with van der Waals surface area (Å²) in [6.07, 6.45) is 7.85. The quantitative estimate of drug-likeness (QED) is 0.191. The van der Waals surface area contributed by atoms with Crippen LogP contribution in [-0.2, 0) is 20.8 Å². The van der Waals surface area contributed by atoms with Gasteiger partial charge in [0.05, 0.1) is 50.7 Å². The minimum atomic E-state index is -0.399. The number of rotatable bonds is 14. The van der Waals surface area contributed by atoms with Crippen LogP contribution in [0.15, 0.2) is 24.9 Å². The summed E-state index contributed by atoms with van der Waals surface area (Å²) in [5.41, 5.74) is 0.939. The van der Waals surface area contributed by atoms with E-state index in [1.54, 1.807) is 33.5 Å². The molecule has 4 rings (SSSR count). The first-order valence-electron chi connectivity index (χ1n) is 15.4. The zero-order chi connectivity index (χ0) is 33.5. The summed E-state index contributed by atoms with van der Waals surface area (Å²) >= 11 is 13.3. The molecule has 1 aliphatic heterocycles. The lowest BCUT2D eigenvalue weighted by Gasteiger charge is -2.45. The predicted molar refractivity (Wildman–Crippen MR) is 180 cm³/mol. The summed E-state index contributed by atoms with van der Waals surface area (Å²) in [6.45, 7) is 6.62. The van der Waals surface area contributed by atoms with Gasteiger partial charge in [0.25, 0.3) is 0 Å². The van der Waals surface area contributed by atoms with Gasteiger partial charge in [-0.25, -0.2) is 9.78 Å². The zero-order valence-corrected chi connectivity index (χ0v) is 28.9. The van der Waals surface area contributed by atoms with Crippen molar-refractivity contribution in [3.63, 3.8) is 0 Å². The number of nitrogens with zero attached hydrogens (tertiary/aromatic N) is 5. The molecule has 1 aromatic carbocycles. The van der Waals surface area contributed by atoms with E-state index in [0.29, 0.717) is 48.2 Å². The van der Waals surface area contributed by atoms with Crippen molar-refractivity contribution < 1.29 is 28.5 Å². The number of hydrogen-bond acceptors (Lipinski definition) is 9. The molecule has 1 aliphatic carbocycles. The summed E-state index contributed by atoms with van der Waals surface area (Å²) < 4.78 is 22.4. The van der Waals surface area contributed by atoms with Crippen molar-refractivity contribution in [1.82, 2.24) is 14.9 Å². The Labute approximate surface area is 280 Å². The topological polar surface area (TPSA) is 119 Å². The van der Waals surface area contributed by atoms with Crippen molar-refractivity contribution in [3.05, 3.63) is 40.5 Å². The van der Waals surface area contributed by atoms with Crippen molar-refractivity contribution in [2.75, 3.05) is 57.1 Å². The number of nitrogens with one attached hydrogen (secondary N) is 1. The molecule has 252 valence electrons. The molecule has 4 unspecified atom stereocenters. The fourth-order valence-electron chi connectivity index (χ4n) is 6.20. The number of halogens is 2. The number of fused-ring (bicyclic) bond motifs is 1. The maximum atomic E-state index is 13.7. The normalized spacial score (nSPS) is 21.1. The second kappa shape index (κ2) is 16.0. The number of carbonyl (C=O) groups is 2. The maximum Gasteiger partial charge on any atom is 0.330 e. The van der Waals surface area contributed by atoms with Crippen molar-refractivity contribution >= 4 is 52.6 Å². The van der Waals surface area contributed by atoms with E-state index in [-0.39, 0.29) is 52.5 Å². The maximum absolute atomic E-state index is 13.7. The third-order valence-electron chi connectivity index (χ3n) is 8.70. The van der Waals surface area contributed by atoms with E-state index in [1.807, 2.05) is 4.90 Å². The number of amides is 3. The monoisotopic (exact) mass is 678 g/mol. The van der Waals surface area contributed by atoms with Gasteiger partial charge in [-0.15, -0.1) is 0 Å². The van der Waals surface area contributed by atoms with E-state index >= 15 is 0 Å². The second-order valence-corrected chi connectivity index (χ2v) is 12.1. The first-order valence-corrected chi connectivity index (χ1v) is 16.2. The number of unbranched alkanes of at least 4 members (excludes halogenated alkanes) is 3. The molecule has 0 saturated heterocycles. The van der Waals surface area contributed by atoms with Crippen molar-refractivity contribution in [2.24, 2.45) is 0 Å². The minimum Gasteiger partial charge on any atom is -0.495 e. The molecular formula is C32H44Cl2N6O6. The average molecular weight is 680 g/mol. The number of methoxy groups -OCH3 is 4. The lowest BCUT2D eigenvalue weighted by Crippen LogP contribution is -2.58. The molecule has 3 amide bonds. The van der Waals surface area contributed by atoms with Crippen LogP contribution in [0, 0.1) is 0 Å². The highest BCUT2D eigenvalue weighted by molar-refractivity contribution is 6.42. The van der Waals surface area contributed by atoms with E-state index in [1.165, 1.54) is 30.1 Å². The van der Waals surface area contributed by atoms with Gasteiger partial charge in [0, 0.05) is 45.6 Å². The summed E-state index contributed by atoms with van der Waals surface area (Å²) in [5, 5.41) is 3.82. The Morgan fingerprint density at radius 2 is 1.74 bits per heavy atom. The number of aromatic nitrogens is 2. The van der Waals surface area contributed by atoms with Crippen LogP contribution in [0.1, 0.15) is 51.0 Å². The highest BCUT2D eigenvalue weighted by Gasteiger charge is 2.42. The van der Waals surface area contributed by atoms with E-state index in [4.69, 9.17) is 47.1 Å². The molecule has 46 heavy (non-hydrogen) atoms. The van der Waals surface area contributed by atoms with Crippen LogP contribution < -0.4 is 24.6 Å². The summed E-state index contributed by atoms with van der Waals surface area (Å²) in [5.74, 6) is 1.25. The number of carbonyl (C=O) groups excluding carboxylic acids is 2. The van der Waals surface area contributed by atoms with Crippen LogP contribution in [0.4, 0.5) is 22.2 Å². The molecule has 0 radical (unpaired) electrons. The number of hydrogen-bond donors (Lipinski definition) is 1. The van der Waals surface area contributed by atoms with Crippen molar-refractivity contribution in [1.29, 1.82) is 0 Å². The van der Waals surface area contributed by atoms with Gasteiger partial charge in [0.1, 0.15) is 27.4 Å². The Morgan fingerprint density at radius 3 is 2.33 bits per heavy atom. The van der Waals surface area contributed by atoms with Gasteiger partial charge in [-0.1, -0.05) is 56.0 Å². The molecule has 0 bridgehead atoms. The third-order valence-corrected chi connectivity index (χ3v) is 9.43. The number of ether oxygens (including phenoxy) is 4. The summed E-state index contributed by atoms with van der Waals surface area (Å²) in [7, 11) is 7.88. The van der Waals surface area contributed by atoms with Gasteiger partial charge in [0.15, 0.2) is 0 Å². The smallest absolute Gasteiger partial charge is 0.330 e. The SMILES string of the molecule is C=CC(=O)N(CCCCCC)C1CC(OC)C(OC)CC1Nc1ncc2c(n1)N(C)C(=O)N(c1c(Cl)c(OC)cc(OC)c1Cl)C2. The lowest BCUT2D eigenvalue weighted by atomic mass is 9.84. The minimum absolute atomic E-state index is 0.112. The van der Waals surface area contributed by atoms with Crippen LogP contribution in [-0.4, -0.2) is 93.1 Å². The first-order chi connectivity index (χ1) is 22.1. The van der Waals surface area contributed by atoms with E-state index in [2.05, 4.69) is 23.8 Å². The van der Waals surface area contributed by atoms with Crippen molar-refractivity contribution in [2.45, 2.75) is 76.3 Å². The number of anilines is 3. The molecule has 14 heteroatoms. The zero-order valence-electron chi connectivity index (χ0n) is 27.3. The Hall–Kier alpha value is -3.32. The Bertz CT molecular complexity index is 1390. The van der Waals surface area contributed by atoms with E-state index in [0.717, 1.165) is 25.7 Å². The fraction of sp³-hybridized carbons (Fsp3) is 0.562. The van der Waals surface area contributed by atoms with E-state index in [9.17, 15) is 9.59 Å². The Kier molecular flexibility index (Phi) is 12.4. The Morgan fingerprint density at radius 1 is 1.09 bits per heavy atom. The molecule has 4 atom stereocenters. The molecule has 1 aromatic heterocycles. The molecule has 2 aromatic rings. The van der Waals surface area contributed by atoms with Gasteiger partial charge >= 0.3 is 6.03 Å². The molecule has 1 fully saturated rings. The fourth-order valence-corrected chi connectivity index (χ4v) is 6.91. The van der Waals surface area contributed by atoms with Crippen molar-refractivity contribution in [3.8, 4) is 11.5 Å². The molecule has 2 aliphatic rings. The number of benzene rings is 1. The van der Waals surface area contributed by atoms with Crippen LogP contribution in [0.25, 0.3) is 0 Å². The second-order valence-electron chi connectivity index (χ2n) is 11.4. The standard InChI is InChI=1S/C32H44Cl2N6O6/c1-8-10-11-12-13-39(26(41)9-2)21-15-23(44-5)22(43-4)14-20(21)36-31-35-17-19-18-40(32(42)38(3)30(19)37-31)29-27(33)24(45-6)16-25(46-7)28(29)34/h9,16-17,20-23H,2,8,10-15,18H2,1,3-7H3,(H,35,36,37). The summed E-state index contributed by atoms with van der Waals surface area (Å²) in [6, 6.07) is 0.680. The first kappa shape index (κ1) is 35.5. The summed E-state index contributed by atoms with van der Waals surface area (Å²) in [4.78, 5) is 41.0. The molecule has 0 spiro atoms. The number of urea groups is 1. The molecule has 1 N–H and O–H groups in total. The highest BCUT2D eigenvalue weighted by Crippen LogP contribution is 2.47. The Balaban J connectivity index is 1.65. The highest BCUT2D eigenvalue weighted by atomic mass is 35.5. The van der Waals surface area contributed by atoms with Crippen LogP contribution in [0.3, 0.4) is 0 Å². The van der Waals surface area contributed by atoms with Gasteiger partial charge in [0.2, 0.25) is 11.9 Å². The van der Waals surface area contributed by atoms with Crippen LogP contribution in [0.5, 0.6) is 11.5 Å². The molecule has 1 saturated carbocycles. The predicted octanol–water partition coefficient (Wildman–Crippen LogP) is 5.94. The van der Waals surface area contributed by atoms with E-state index < -0.39 is 6.03 Å². The largest absolute Gasteiger partial charge is 0.495 e. The average Bonchev–Trinajstić information content (AvgIpc) is 3.07. The third kappa shape index (κ3) is 7.30. The van der Waals surface area contributed by atoms with Gasteiger partial charge in [-0.3, -0.25) is 14.6 Å².